The Kier molecular flexibility index (Phi) is 10.3. The maximum absolute atomic E-state index is 12.2. The first-order valence-electron chi connectivity index (χ1n) is 10.3. The summed E-state index contributed by atoms with van der Waals surface area (Å²) in [7, 11) is 1.63. The molecule has 1 amide bonds. The number of rotatable bonds is 10. The van der Waals surface area contributed by atoms with Gasteiger partial charge in [0.15, 0.2) is 0 Å². The van der Waals surface area contributed by atoms with E-state index in [4.69, 9.17) is 18.9 Å². The molecule has 0 aliphatic carbocycles. The molecule has 0 atom stereocenters. The third-order valence-electron chi connectivity index (χ3n) is 3.70. The maximum Gasteiger partial charge on any atom is 0.412 e. The molecule has 0 bridgehead atoms. The van der Waals surface area contributed by atoms with Crippen molar-refractivity contribution in [3.05, 3.63) is 29.3 Å². The maximum atomic E-state index is 12.2. The number of esters is 1. The number of carbonyl (C=O) groups is 2. The summed E-state index contributed by atoms with van der Waals surface area (Å²) in [6.45, 7) is 12.6. The SMILES string of the molecule is COCCOCCc1cc(CCC(=O)OC(C)(C)C)cc(NC(=O)OC(C)(C)C)c1. The van der Waals surface area contributed by atoms with Crippen LogP contribution < -0.4 is 5.32 Å². The largest absolute Gasteiger partial charge is 0.460 e. The van der Waals surface area contributed by atoms with E-state index in [2.05, 4.69) is 5.32 Å². The number of carbonyl (C=O) groups excluding carboxylic acids is 2. The summed E-state index contributed by atoms with van der Waals surface area (Å²) in [5.74, 6) is -0.252. The van der Waals surface area contributed by atoms with Crippen molar-refractivity contribution in [2.24, 2.45) is 0 Å². The van der Waals surface area contributed by atoms with Gasteiger partial charge < -0.3 is 18.9 Å². The molecule has 1 rings (SSSR count). The van der Waals surface area contributed by atoms with Crippen LogP contribution in [0.2, 0.25) is 0 Å². The lowest BCUT2D eigenvalue weighted by atomic mass is 10.0. The highest BCUT2D eigenvalue weighted by Gasteiger charge is 2.18. The first-order chi connectivity index (χ1) is 13.9. The molecule has 7 heteroatoms. The molecule has 0 saturated heterocycles. The molecule has 0 aliphatic heterocycles. The molecule has 1 N–H and O–H groups in total. The third kappa shape index (κ3) is 12.4. The Balaban J connectivity index is 2.84. The number of aryl methyl sites for hydroxylation is 1. The second kappa shape index (κ2) is 11.9. The molecule has 170 valence electrons. The standard InChI is InChI=1S/C23H37NO6/c1-22(2,3)29-20(25)9-8-17-14-18(10-11-28-13-12-27-7)16-19(15-17)24-21(26)30-23(4,5)6/h14-16H,8-13H2,1-7H3,(H,24,26). The van der Waals surface area contributed by atoms with Crippen molar-refractivity contribution in [1.29, 1.82) is 0 Å². The average Bonchev–Trinajstić information content (AvgIpc) is 2.56. The zero-order valence-corrected chi connectivity index (χ0v) is 19.4. The van der Waals surface area contributed by atoms with Gasteiger partial charge in [-0.2, -0.15) is 0 Å². The molecule has 0 unspecified atom stereocenters. The number of nitrogens with one attached hydrogen (secondary N) is 1. The van der Waals surface area contributed by atoms with E-state index in [-0.39, 0.29) is 12.4 Å². The van der Waals surface area contributed by atoms with Crippen LogP contribution in [-0.2, 0) is 36.6 Å². The Morgan fingerprint density at radius 1 is 0.833 bits per heavy atom. The predicted octanol–water partition coefficient (Wildman–Crippen LogP) is 4.51. The molecular weight excluding hydrogens is 386 g/mol. The number of methoxy groups -OCH3 is 1. The van der Waals surface area contributed by atoms with E-state index >= 15 is 0 Å². The Morgan fingerprint density at radius 3 is 2.00 bits per heavy atom. The second-order valence-corrected chi connectivity index (χ2v) is 9.11. The fourth-order valence-electron chi connectivity index (χ4n) is 2.62. The zero-order valence-electron chi connectivity index (χ0n) is 19.4. The normalized spacial score (nSPS) is 11.8. The molecule has 0 spiro atoms. The first kappa shape index (κ1) is 25.9. The Hall–Kier alpha value is -2.12. The summed E-state index contributed by atoms with van der Waals surface area (Å²) in [6, 6.07) is 5.76. The lowest BCUT2D eigenvalue weighted by Crippen LogP contribution is -2.27. The minimum absolute atomic E-state index is 0.252. The molecule has 0 saturated carbocycles. The van der Waals surface area contributed by atoms with E-state index in [9.17, 15) is 9.59 Å². The van der Waals surface area contributed by atoms with Crippen LogP contribution in [0.4, 0.5) is 10.5 Å². The van der Waals surface area contributed by atoms with Gasteiger partial charge in [-0.05, 0) is 77.6 Å². The molecule has 1 aromatic rings. The molecular formula is C23H37NO6. The van der Waals surface area contributed by atoms with Gasteiger partial charge >= 0.3 is 12.1 Å². The summed E-state index contributed by atoms with van der Waals surface area (Å²) in [5, 5.41) is 2.78. The van der Waals surface area contributed by atoms with Crippen LogP contribution in [0.1, 0.15) is 59.1 Å². The quantitative estimate of drug-likeness (QED) is 0.440. The summed E-state index contributed by atoms with van der Waals surface area (Å²) >= 11 is 0. The molecule has 7 nitrogen and oxygen atoms in total. The van der Waals surface area contributed by atoms with Crippen molar-refractivity contribution >= 4 is 17.7 Å². The van der Waals surface area contributed by atoms with Crippen LogP contribution >= 0.6 is 0 Å². The Labute approximate surface area is 180 Å². The molecule has 0 radical (unpaired) electrons. The zero-order chi connectivity index (χ0) is 22.8. The highest BCUT2D eigenvalue weighted by Crippen LogP contribution is 2.19. The molecule has 0 fully saturated rings. The van der Waals surface area contributed by atoms with Crippen molar-refractivity contribution in [3.63, 3.8) is 0 Å². The number of hydrogen-bond acceptors (Lipinski definition) is 6. The molecule has 1 aromatic carbocycles. The monoisotopic (exact) mass is 423 g/mol. The summed E-state index contributed by atoms with van der Waals surface area (Å²) in [4.78, 5) is 24.2. The number of anilines is 1. The fourth-order valence-corrected chi connectivity index (χ4v) is 2.62. The predicted molar refractivity (Wildman–Crippen MR) is 117 cm³/mol. The van der Waals surface area contributed by atoms with Gasteiger partial charge in [0.05, 0.1) is 19.8 Å². The lowest BCUT2D eigenvalue weighted by molar-refractivity contribution is -0.154. The fraction of sp³-hybridized carbons (Fsp3) is 0.652. The van der Waals surface area contributed by atoms with Crippen LogP contribution in [0.15, 0.2) is 18.2 Å². The van der Waals surface area contributed by atoms with E-state index in [0.717, 1.165) is 11.1 Å². The third-order valence-corrected chi connectivity index (χ3v) is 3.70. The van der Waals surface area contributed by atoms with Crippen molar-refractivity contribution in [1.82, 2.24) is 0 Å². The van der Waals surface area contributed by atoms with Crippen LogP contribution in [0.3, 0.4) is 0 Å². The van der Waals surface area contributed by atoms with Gasteiger partial charge in [0, 0.05) is 19.2 Å². The molecule has 0 heterocycles. The van der Waals surface area contributed by atoms with E-state index in [1.54, 1.807) is 7.11 Å². The minimum atomic E-state index is -0.587. The van der Waals surface area contributed by atoms with Gasteiger partial charge in [0.2, 0.25) is 0 Å². The van der Waals surface area contributed by atoms with E-state index in [0.29, 0.717) is 38.3 Å². The van der Waals surface area contributed by atoms with Gasteiger partial charge in [-0.1, -0.05) is 6.07 Å². The van der Waals surface area contributed by atoms with Crippen LogP contribution in [-0.4, -0.2) is 50.2 Å². The molecule has 0 aliphatic rings. The van der Waals surface area contributed by atoms with Crippen molar-refractivity contribution in [3.8, 4) is 0 Å². The van der Waals surface area contributed by atoms with E-state index in [1.165, 1.54) is 0 Å². The number of hydrogen-bond donors (Lipinski definition) is 1. The highest BCUT2D eigenvalue weighted by atomic mass is 16.6. The summed E-state index contributed by atoms with van der Waals surface area (Å²) in [5.41, 5.74) is 1.46. The van der Waals surface area contributed by atoms with Crippen LogP contribution in [0.25, 0.3) is 0 Å². The molecule has 0 aromatic heterocycles. The number of benzene rings is 1. The van der Waals surface area contributed by atoms with Gasteiger partial charge in [-0.3, -0.25) is 10.1 Å². The van der Waals surface area contributed by atoms with Crippen LogP contribution in [0.5, 0.6) is 0 Å². The van der Waals surface area contributed by atoms with Gasteiger partial charge in [-0.25, -0.2) is 4.79 Å². The second-order valence-electron chi connectivity index (χ2n) is 9.11. The average molecular weight is 424 g/mol. The minimum Gasteiger partial charge on any atom is -0.460 e. The lowest BCUT2D eigenvalue weighted by Gasteiger charge is -2.20. The topological polar surface area (TPSA) is 83.1 Å². The number of ether oxygens (including phenoxy) is 4. The highest BCUT2D eigenvalue weighted by molar-refractivity contribution is 5.85. The first-order valence-corrected chi connectivity index (χ1v) is 10.3. The van der Waals surface area contributed by atoms with Gasteiger partial charge in [-0.15, -0.1) is 0 Å². The summed E-state index contributed by atoms with van der Waals surface area (Å²) < 4.78 is 21.2. The van der Waals surface area contributed by atoms with Crippen LogP contribution in [0, 0.1) is 0 Å². The van der Waals surface area contributed by atoms with E-state index in [1.807, 2.05) is 59.7 Å². The van der Waals surface area contributed by atoms with Gasteiger partial charge in [0.25, 0.3) is 0 Å². The van der Waals surface area contributed by atoms with Crippen molar-refractivity contribution in [2.75, 3.05) is 32.2 Å². The Morgan fingerprint density at radius 2 is 1.43 bits per heavy atom. The summed E-state index contributed by atoms with van der Waals surface area (Å²) in [6.07, 6.45) is 0.925. The van der Waals surface area contributed by atoms with Crippen molar-refractivity contribution in [2.45, 2.75) is 72.0 Å². The number of amides is 1. The molecule has 30 heavy (non-hydrogen) atoms. The van der Waals surface area contributed by atoms with E-state index < -0.39 is 17.3 Å². The Bertz CT molecular complexity index is 688. The van der Waals surface area contributed by atoms with Gasteiger partial charge in [0.1, 0.15) is 11.2 Å². The van der Waals surface area contributed by atoms with Crippen molar-refractivity contribution < 1.29 is 28.5 Å². The smallest absolute Gasteiger partial charge is 0.412 e.